The molecule has 3 N–H and O–H groups in total. The smallest absolute Gasteiger partial charge is 0.407 e. The van der Waals surface area contributed by atoms with Crippen LogP contribution >= 0.6 is 11.3 Å². The molecular formula is C27H40N4O7S2. The van der Waals surface area contributed by atoms with Gasteiger partial charge in [-0.3, -0.25) is 4.79 Å². The third-order valence-corrected chi connectivity index (χ3v) is 8.47. The zero-order chi connectivity index (χ0) is 29.7. The van der Waals surface area contributed by atoms with Crippen LogP contribution in [0.15, 0.2) is 29.3 Å². The maximum absolute atomic E-state index is 13.5. The summed E-state index contributed by atoms with van der Waals surface area (Å²) in [6.07, 6.45) is 1.90. The first kappa shape index (κ1) is 31.9. The molecular weight excluding hydrogens is 556 g/mol. The van der Waals surface area contributed by atoms with Gasteiger partial charge in [-0.15, -0.1) is 11.3 Å². The SMILES string of the molecule is CC(C)OCC(=O)Nc1ccc(-c2cnc(C3CC[C@@H](NC(=O)OC(C)C)CO3)s2)c(S(=O)(=O)NC(C)(C)C)c1. The van der Waals surface area contributed by atoms with Crippen LogP contribution in [0.3, 0.4) is 0 Å². The molecule has 3 rings (SSSR count). The first-order valence-corrected chi connectivity index (χ1v) is 15.6. The van der Waals surface area contributed by atoms with Crippen molar-refractivity contribution in [3.63, 3.8) is 0 Å². The lowest BCUT2D eigenvalue weighted by atomic mass is 10.1. The van der Waals surface area contributed by atoms with Crippen molar-refractivity contribution in [2.45, 2.75) is 96.1 Å². The molecule has 2 heterocycles. The van der Waals surface area contributed by atoms with E-state index in [1.165, 1.54) is 17.4 Å². The zero-order valence-electron chi connectivity index (χ0n) is 24.1. The molecule has 1 aromatic heterocycles. The summed E-state index contributed by atoms with van der Waals surface area (Å²) in [4.78, 5) is 29.4. The lowest BCUT2D eigenvalue weighted by molar-refractivity contribution is -0.121. The second-order valence-corrected chi connectivity index (χ2v) is 13.9. The van der Waals surface area contributed by atoms with Gasteiger partial charge in [-0.25, -0.2) is 22.9 Å². The van der Waals surface area contributed by atoms with Crippen LogP contribution in [0.25, 0.3) is 10.4 Å². The molecule has 13 heteroatoms. The van der Waals surface area contributed by atoms with Crippen molar-refractivity contribution in [1.82, 2.24) is 15.0 Å². The fourth-order valence-corrected chi connectivity index (χ4v) is 6.73. The number of ether oxygens (including phenoxy) is 3. The van der Waals surface area contributed by atoms with Crippen molar-refractivity contribution in [3.8, 4) is 10.4 Å². The molecule has 2 atom stereocenters. The van der Waals surface area contributed by atoms with Gasteiger partial charge in [0.05, 0.1) is 34.6 Å². The number of carbonyl (C=O) groups excluding carboxylic acids is 2. The maximum Gasteiger partial charge on any atom is 0.407 e. The molecule has 40 heavy (non-hydrogen) atoms. The van der Waals surface area contributed by atoms with Gasteiger partial charge in [0.2, 0.25) is 15.9 Å². The van der Waals surface area contributed by atoms with E-state index in [1.807, 2.05) is 13.8 Å². The van der Waals surface area contributed by atoms with Crippen molar-refractivity contribution < 1.29 is 32.2 Å². The van der Waals surface area contributed by atoms with Gasteiger partial charge in [0.15, 0.2) is 0 Å². The number of benzene rings is 1. The van der Waals surface area contributed by atoms with Gasteiger partial charge >= 0.3 is 6.09 Å². The molecule has 11 nitrogen and oxygen atoms in total. The first-order valence-electron chi connectivity index (χ1n) is 13.3. The number of amides is 2. The highest BCUT2D eigenvalue weighted by Gasteiger charge is 2.29. The second-order valence-electron chi connectivity index (χ2n) is 11.2. The fraction of sp³-hybridized carbons (Fsp3) is 0.593. The van der Waals surface area contributed by atoms with Crippen LogP contribution in [0.1, 0.15) is 72.4 Å². The van der Waals surface area contributed by atoms with Crippen LogP contribution in [0.2, 0.25) is 0 Å². The van der Waals surface area contributed by atoms with Gasteiger partial charge in [0, 0.05) is 23.0 Å². The Kier molecular flexibility index (Phi) is 10.7. The lowest BCUT2D eigenvalue weighted by Crippen LogP contribution is -2.42. The molecule has 0 aliphatic carbocycles. The minimum atomic E-state index is -3.96. The minimum Gasteiger partial charge on any atom is -0.447 e. The number of hydrogen-bond acceptors (Lipinski definition) is 9. The molecule has 1 aliphatic rings. The van der Waals surface area contributed by atoms with Crippen molar-refractivity contribution in [1.29, 1.82) is 0 Å². The number of anilines is 1. The standard InChI is InChI=1S/C27H40N4O7S2/c1-16(2)36-15-24(32)29-18-8-10-20(23(12-18)40(34,35)31-27(5,6)7)22-13-28-25(39-22)21-11-9-19(14-37-21)30-26(33)38-17(3)4/h8,10,12-13,16-17,19,21,31H,9,11,14-15H2,1-7H3,(H,29,32)(H,30,33)/t19-,21?/m1/s1. The second kappa shape index (κ2) is 13.4. The molecule has 0 saturated carbocycles. The van der Waals surface area contributed by atoms with E-state index in [4.69, 9.17) is 14.2 Å². The molecule has 1 aromatic carbocycles. The largest absolute Gasteiger partial charge is 0.447 e. The molecule has 0 radical (unpaired) electrons. The summed E-state index contributed by atoms with van der Waals surface area (Å²) < 4.78 is 46.1. The minimum absolute atomic E-state index is 0.0256. The van der Waals surface area contributed by atoms with Crippen LogP contribution in [-0.2, 0) is 29.0 Å². The fourth-order valence-electron chi connectivity index (χ4n) is 3.96. The average molecular weight is 597 g/mol. The topological polar surface area (TPSA) is 145 Å². The number of alkyl carbamates (subject to hydrolysis) is 1. The molecule has 1 saturated heterocycles. The molecule has 222 valence electrons. The molecule has 1 aliphatic heterocycles. The number of hydrogen-bond donors (Lipinski definition) is 3. The van der Waals surface area contributed by atoms with E-state index in [2.05, 4.69) is 20.3 Å². The third-order valence-electron chi connectivity index (χ3n) is 5.55. The van der Waals surface area contributed by atoms with E-state index in [0.717, 1.165) is 0 Å². The summed E-state index contributed by atoms with van der Waals surface area (Å²) in [6.45, 7) is 12.7. The van der Waals surface area contributed by atoms with E-state index in [0.29, 0.717) is 40.6 Å². The van der Waals surface area contributed by atoms with Crippen molar-refractivity contribution in [3.05, 3.63) is 29.4 Å². The molecule has 0 bridgehead atoms. The summed E-state index contributed by atoms with van der Waals surface area (Å²) in [6, 6.07) is 4.60. The summed E-state index contributed by atoms with van der Waals surface area (Å²) in [5, 5.41) is 6.24. The summed E-state index contributed by atoms with van der Waals surface area (Å²) in [5.41, 5.74) is 0.0792. The van der Waals surface area contributed by atoms with Crippen LogP contribution in [0.5, 0.6) is 0 Å². The van der Waals surface area contributed by atoms with Crippen LogP contribution in [0.4, 0.5) is 10.5 Å². The highest BCUT2D eigenvalue weighted by atomic mass is 32.2. The van der Waals surface area contributed by atoms with Gasteiger partial charge in [-0.2, -0.15) is 0 Å². The van der Waals surface area contributed by atoms with E-state index in [-0.39, 0.29) is 41.8 Å². The third kappa shape index (κ3) is 9.51. The highest BCUT2D eigenvalue weighted by molar-refractivity contribution is 7.89. The summed E-state index contributed by atoms with van der Waals surface area (Å²) >= 11 is 1.35. The number of aromatic nitrogens is 1. The monoisotopic (exact) mass is 596 g/mol. The van der Waals surface area contributed by atoms with Crippen LogP contribution in [-0.4, -0.2) is 62.4 Å². The maximum atomic E-state index is 13.5. The number of carbonyl (C=O) groups is 2. The number of thiazole rings is 1. The Morgan fingerprint density at radius 3 is 2.48 bits per heavy atom. The number of rotatable bonds is 10. The van der Waals surface area contributed by atoms with Crippen molar-refractivity contribution >= 4 is 39.0 Å². The Hall–Kier alpha value is -2.58. The molecule has 2 amide bonds. The molecule has 1 fully saturated rings. The normalized spacial score (nSPS) is 18.1. The summed E-state index contributed by atoms with van der Waals surface area (Å²) in [5.74, 6) is -0.381. The van der Waals surface area contributed by atoms with E-state index in [9.17, 15) is 18.0 Å². The molecule has 0 spiro atoms. The Labute approximate surface area is 240 Å². The van der Waals surface area contributed by atoms with Crippen molar-refractivity contribution in [2.24, 2.45) is 0 Å². The molecule has 2 aromatic rings. The number of nitrogens with one attached hydrogen (secondary N) is 3. The molecule has 1 unspecified atom stereocenters. The van der Waals surface area contributed by atoms with Crippen LogP contribution in [0, 0.1) is 0 Å². The predicted octanol–water partition coefficient (Wildman–Crippen LogP) is 4.61. The Morgan fingerprint density at radius 2 is 1.88 bits per heavy atom. The predicted molar refractivity (Wildman–Crippen MR) is 154 cm³/mol. The zero-order valence-corrected chi connectivity index (χ0v) is 25.7. The highest BCUT2D eigenvalue weighted by Crippen LogP contribution is 2.38. The van der Waals surface area contributed by atoms with E-state index in [1.54, 1.807) is 52.9 Å². The first-order chi connectivity index (χ1) is 18.6. The van der Waals surface area contributed by atoms with Gasteiger partial charge in [0.1, 0.15) is 17.7 Å². The Balaban J connectivity index is 1.81. The summed E-state index contributed by atoms with van der Waals surface area (Å²) in [7, 11) is -3.96. The van der Waals surface area contributed by atoms with E-state index < -0.39 is 21.7 Å². The Morgan fingerprint density at radius 1 is 1.15 bits per heavy atom. The van der Waals surface area contributed by atoms with Gasteiger partial charge < -0.3 is 24.8 Å². The number of nitrogens with zero attached hydrogens (tertiary/aromatic N) is 1. The van der Waals surface area contributed by atoms with Crippen molar-refractivity contribution in [2.75, 3.05) is 18.5 Å². The quantitative estimate of drug-likeness (QED) is 0.361. The number of sulfonamides is 1. The average Bonchev–Trinajstić information content (AvgIpc) is 3.31. The van der Waals surface area contributed by atoms with Crippen LogP contribution < -0.4 is 15.4 Å². The van der Waals surface area contributed by atoms with Gasteiger partial charge in [-0.1, -0.05) is 6.07 Å². The Bertz CT molecular complexity index is 1280. The van der Waals surface area contributed by atoms with E-state index >= 15 is 0 Å². The van der Waals surface area contributed by atoms with Gasteiger partial charge in [-0.05, 0) is 73.4 Å². The lowest BCUT2D eigenvalue weighted by Gasteiger charge is -2.28. The van der Waals surface area contributed by atoms with Gasteiger partial charge in [0.25, 0.3) is 0 Å².